The van der Waals surface area contributed by atoms with E-state index in [2.05, 4.69) is 5.32 Å². The first kappa shape index (κ1) is 15.9. The number of hydrogen-bond donors (Lipinski definition) is 1. The van der Waals surface area contributed by atoms with Crippen LogP contribution in [0.2, 0.25) is 0 Å². The molecule has 1 N–H and O–H groups in total. The smallest absolute Gasteiger partial charge is 0.408 e. The van der Waals surface area contributed by atoms with Crippen LogP contribution < -0.4 is 11.1 Å². The minimum Gasteiger partial charge on any atom is -0.408 e. The van der Waals surface area contributed by atoms with Crippen molar-refractivity contribution < 1.29 is 22.4 Å². The summed E-state index contributed by atoms with van der Waals surface area (Å²) >= 11 is 0. The molecule has 0 saturated carbocycles. The summed E-state index contributed by atoms with van der Waals surface area (Å²) in [5.41, 5.74) is -0.546. The first-order valence-corrected chi connectivity index (χ1v) is 6.84. The van der Waals surface area contributed by atoms with E-state index < -0.39 is 23.4 Å². The maximum atomic E-state index is 13.0. The molecule has 0 spiro atoms. The monoisotopic (exact) mass is 336 g/mol. The van der Waals surface area contributed by atoms with Gasteiger partial charge in [0.15, 0.2) is 5.58 Å². The molecule has 1 heterocycles. The highest BCUT2D eigenvalue weighted by Gasteiger charge is 2.33. The first-order valence-electron chi connectivity index (χ1n) is 6.84. The third-order valence-electron chi connectivity index (χ3n) is 3.54. The molecule has 0 radical (unpaired) electrons. The molecular formula is C16H11F3N2O3. The Labute approximate surface area is 133 Å². The summed E-state index contributed by atoms with van der Waals surface area (Å²) < 4.78 is 45.1. The van der Waals surface area contributed by atoms with Gasteiger partial charge in [0.2, 0.25) is 0 Å². The number of carbonyl (C=O) groups is 1. The van der Waals surface area contributed by atoms with Crippen molar-refractivity contribution in [1.82, 2.24) is 4.57 Å². The van der Waals surface area contributed by atoms with E-state index in [-0.39, 0.29) is 16.8 Å². The van der Waals surface area contributed by atoms with Crippen LogP contribution in [0.3, 0.4) is 0 Å². The van der Waals surface area contributed by atoms with Crippen LogP contribution in [0.15, 0.2) is 51.7 Å². The second-order valence-corrected chi connectivity index (χ2v) is 5.11. The van der Waals surface area contributed by atoms with Crippen LogP contribution in [-0.2, 0) is 13.2 Å². The fourth-order valence-electron chi connectivity index (χ4n) is 2.31. The molecule has 2 aromatic carbocycles. The van der Waals surface area contributed by atoms with Crippen molar-refractivity contribution in [1.29, 1.82) is 0 Å². The minimum absolute atomic E-state index is 0.0776. The van der Waals surface area contributed by atoms with Crippen molar-refractivity contribution in [3.63, 3.8) is 0 Å². The number of aryl methyl sites for hydroxylation is 1. The van der Waals surface area contributed by atoms with Crippen molar-refractivity contribution in [2.24, 2.45) is 7.05 Å². The van der Waals surface area contributed by atoms with Crippen LogP contribution in [0.5, 0.6) is 0 Å². The van der Waals surface area contributed by atoms with Crippen LogP contribution in [0.1, 0.15) is 15.9 Å². The van der Waals surface area contributed by atoms with Crippen molar-refractivity contribution in [3.05, 3.63) is 64.1 Å². The zero-order valence-corrected chi connectivity index (χ0v) is 12.3. The van der Waals surface area contributed by atoms with Crippen molar-refractivity contribution >= 4 is 22.7 Å². The van der Waals surface area contributed by atoms with Crippen LogP contribution in [-0.4, -0.2) is 10.5 Å². The van der Waals surface area contributed by atoms with Gasteiger partial charge in [-0.3, -0.25) is 9.36 Å². The second-order valence-electron chi connectivity index (χ2n) is 5.11. The average molecular weight is 336 g/mol. The summed E-state index contributed by atoms with van der Waals surface area (Å²) in [4.78, 5) is 23.7. The molecule has 3 rings (SSSR count). The molecule has 24 heavy (non-hydrogen) atoms. The molecule has 5 nitrogen and oxygen atoms in total. The summed E-state index contributed by atoms with van der Waals surface area (Å²) in [7, 11) is 1.51. The van der Waals surface area contributed by atoms with E-state index in [9.17, 15) is 22.8 Å². The molecule has 8 heteroatoms. The first-order chi connectivity index (χ1) is 11.3. The number of nitrogens with one attached hydrogen (secondary N) is 1. The van der Waals surface area contributed by atoms with Gasteiger partial charge in [0.1, 0.15) is 0 Å². The normalized spacial score (nSPS) is 11.7. The lowest BCUT2D eigenvalue weighted by Crippen LogP contribution is -2.16. The Morgan fingerprint density at radius 2 is 1.88 bits per heavy atom. The van der Waals surface area contributed by atoms with Gasteiger partial charge in [0.05, 0.1) is 16.8 Å². The van der Waals surface area contributed by atoms with E-state index in [1.54, 1.807) is 0 Å². The Morgan fingerprint density at radius 1 is 1.17 bits per heavy atom. The third kappa shape index (κ3) is 2.78. The van der Waals surface area contributed by atoms with Crippen molar-refractivity contribution in [3.8, 4) is 0 Å². The zero-order valence-electron chi connectivity index (χ0n) is 12.3. The summed E-state index contributed by atoms with van der Waals surface area (Å²) in [5, 5.41) is 2.23. The number of carbonyl (C=O) groups excluding carboxylic acids is 1. The van der Waals surface area contributed by atoms with Crippen LogP contribution in [0.25, 0.3) is 11.1 Å². The molecule has 1 amide bonds. The summed E-state index contributed by atoms with van der Waals surface area (Å²) in [5.74, 6) is -1.33. The van der Waals surface area contributed by atoms with Crippen molar-refractivity contribution in [2.45, 2.75) is 6.18 Å². The van der Waals surface area contributed by atoms with E-state index in [0.717, 1.165) is 6.07 Å². The molecule has 0 saturated heterocycles. The fourth-order valence-corrected chi connectivity index (χ4v) is 2.31. The van der Waals surface area contributed by atoms with Gasteiger partial charge < -0.3 is 9.73 Å². The molecule has 3 aromatic rings. The van der Waals surface area contributed by atoms with Gasteiger partial charge in [-0.15, -0.1) is 0 Å². The molecule has 0 atom stereocenters. The van der Waals surface area contributed by atoms with E-state index in [1.807, 2.05) is 0 Å². The summed E-state index contributed by atoms with van der Waals surface area (Å²) in [6.45, 7) is 0. The maximum Gasteiger partial charge on any atom is 0.419 e. The van der Waals surface area contributed by atoms with Crippen LogP contribution in [0, 0.1) is 0 Å². The number of nitrogens with zero attached hydrogens (tertiary/aromatic N) is 1. The van der Waals surface area contributed by atoms with Crippen LogP contribution >= 0.6 is 0 Å². The number of rotatable bonds is 2. The van der Waals surface area contributed by atoms with Crippen LogP contribution in [0.4, 0.5) is 18.9 Å². The number of aromatic nitrogens is 1. The molecular weight excluding hydrogens is 325 g/mol. The standard InChI is InChI=1S/C16H11F3N2O3/c1-21-12-7-6-9(8-13(12)24-15(21)23)14(22)20-11-5-3-2-4-10(11)16(17,18)19/h2-8H,1H3,(H,20,22). The Morgan fingerprint density at radius 3 is 2.58 bits per heavy atom. The quantitative estimate of drug-likeness (QED) is 0.780. The zero-order chi connectivity index (χ0) is 17.5. The number of para-hydroxylation sites is 1. The summed E-state index contributed by atoms with van der Waals surface area (Å²) in [6, 6.07) is 8.89. The Bertz CT molecular complexity index is 986. The lowest BCUT2D eigenvalue weighted by molar-refractivity contribution is -0.136. The molecule has 0 aliphatic carbocycles. The number of oxazole rings is 1. The number of anilines is 1. The molecule has 0 aliphatic rings. The SMILES string of the molecule is Cn1c(=O)oc2cc(C(=O)Nc3ccccc3C(F)(F)F)ccc21. The highest BCUT2D eigenvalue weighted by molar-refractivity contribution is 6.06. The predicted octanol–water partition coefficient (Wildman–Crippen LogP) is 3.40. The largest absolute Gasteiger partial charge is 0.419 e. The Kier molecular flexibility index (Phi) is 3.67. The van der Waals surface area contributed by atoms with Gasteiger partial charge in [-0.25, -0.2) is 4.79 Å². The lowest BCUT2D eigenvalue weighted by atomic mass is 10.1. The average Bonchev–Trinajstić information content (AvgIpc) is 2.81. The van der Waals surface area contributed by atoms with Gasteiger partial charge in [-0.05, 0) is 30.3 Å². The molecule has 0 fully saturated rings. The molecule has 0 unspecified atom stereocenters. The fraction of sp³-hybridized carbons (Fsp3) is 0.125. The maximum absolute atomic E-state index is 13.0. The third-order valence-corrected chi connectivity index (χ3v) is 3.54. The summed E-state index contributed by atoms with van der Waals surface area (Å²) in [6.07, 6.45) is -4.58. The van der Waals surface area contributed by atoms with Gasteiger partial charge in [-0.1, -0.05) is 12.1 Å². The predicted molar refractivity (Wildman–Crippen MR) is 80.9 cm³/mol. The van der Waals surface area contributed by atoms with E-state index >= 15 is 0 Å². The molecule has 0 aliphatic heterocycles. The topological polar surface area (TPSA) is 64.2 Å². The lowest BCUT2D eigenvalue weighted by Gasteiger charge is -2.13. The Balaban J connectivity index is 1.95. The number of alkyl halides is 3. The Hall–Kier alpha value is -3.03. The molecule has 124 valence electrons. The molecule has 0 bridgehead atoms. The van der Waals surface area contributed by atoms with Gasteiger partial charge in [-0.2, -0.15) is 13.2 Å². The number of amides is 1. The highest BCUT2D eigenvalue weighted by atomic mass is 19.4. The highest BCUT2D eigenvalue weighted by Crippen LogP contribution is 2.34. The number of halogens is 3. The minimum atomic E-state index is -4.58. The van der Waals surface area contributed by atoms with Gasteiger partial charge >= 0.3 is 11.9 Å². The van der Waals surface area contributed by atoms with Crippen molar-refractivity contribution in [2.75, 3.05) is 5.32 Å². The number of fused-ring (bicyclic) bond motifs is 1. The molecule has 1 aromatic heterocycles. The van der Waals surface area contributed by atoms with E-state index in [4.69, 9.17) is 4.42 Å². The van der Waals surface area contributed by atoms with E-state index in [0.29, 0.717) is 5.52 Å². The van der Waals surface area contributed by atoms with Gasteiger partial charge in [0, 0.05) is 12.6 Å². The second kappa shape index (κ2) is 5.55. The van der Waals surface area contributed by atoms with E-state index in [1.165, 1.54) is 48.0 Å². The number of hydrogen-bond acceptors (Lipinski definition) is 3. The van der Waals surface area contributed by atoms with Gasteiger partial charge in [0.25, 0.3) is 5.91 Å². The number of benzene rings is 2.